The molecule has 0 saturated heterocycles. The predicted molar refractivity (Wildman–Crippen MR) is 79.2 cm³/mol. The van der Waals surface area contributed by atoms with E-state index in [1.54, 1.807) is 0 Å². The van der Waals surface area contributed by atoms with Crippen molar-refractivity contribution < 1.29 is 9.53 Å². The molecule has 4 heteroatoms. The van der Waals surface area contributed by atoms with Gasteiger partial charge in [0.25, 0.3) is 0 Å². The van der Waals surface area contributed by atoms with E-state index in [2.05, 4.69) is 5.32 Å². The Morgan fingerprint density at radius 1 is 1.25 bits per heavy atom. The fourth-order valence-electron chi connectivity index (χ4n) is 3.05. The van der Waals surface area contributed by atoms with E-state index in [0.717, 1.165) is 37.0 Å². The van der Waals surface area contributed by atoms with Gasteiger partial charge in [0, 0.05) is 6.04 Å². The van der Waals surface area contributed by atoms with Crippen LogP contribution in [0, 0.1) is 5.92 Å². The van der Waals surface area contributed by atoms with Gasteiger partial charge >= 0.3 is 0 Å². The summed E-state index contributed by atoms with van der Waals surface area (Å²) < 4.78 is 5.68. The number of nitrogens with one attached hydrogen (secondary N) is 1. The number of amides is 1. The van der Waals surface area contributed by atoms with Crippen LogP contribution in [0.5, 0.6) is 5.75 Å². The molecule has 1 aromatic rings. The number of carbonyl (C=O) groups is 1. The molecule has 3 rings (SSSR count). The van der Waals surface area contributed by atoms with Gasteiger partial charge in [0.1, 0.15) is 12.4 Å². The van der Waals surface area contributed by atoms with Gasteiger partial charge < -0.3 is 10.1 Å². The quantitative estimate of drug-likeness (QED) is 0.852. The lowest BCUT2D eigenvalue weighted by molar-refractivity contribution is -0.127. The fourth-order valence-corrected chi connectivity index (χ4v) is 3.39. The van der Waals surface area contributed by atoms with Crippen LogP contribution < -0.4 is 10.1 Å². The van der Waals surface area contributed by atoms with Gasteiger partial charge in [0.15, 0.2) is 0 Å². The van der Waals surface area contributed by atoms with E-state index in [1.165, 1.54) is 6.42 Å². The zero-order valence-electron chi connectivity index (χ0n) is 11.5. The van der Waals surface area contributed by atoms with Gasteiger partial charge in [0.2, 0.25) is 5.91 Å². The molecule has 108 valence electrons. The van der Waals surface area contributed by atoms with E-state index in [4.69, 9.17) is 16.3 Å². The van der Waals surface area contributed by atoms with Crippen LogP contribution in [0.15, 0.2) is 24.3 Å². The normalized spacial score (nSPS) is 29.1. The highest BCUT2D eigenvalue weighted by Gasteiger charge is 2.30. The Hall–Kier alpha value is -1.22. The molecule has 1 heterocycles. The van der Waals surface area contributed by atoms with Crippen molar-refractivity contribution in [2.45, 2.75) is 43.5 Å². The summed E-state index contributed by atoms with van der Waals surface area (Å²) in [5, 5.41) is 3.19. The molecule has 0 aromatic heterocycles. The highest BCUT2D eigenvalue weighted by molar-refractivity contribution is 6.21. The number of alkyl halides is 1. The largest absolute Gasteiger partial charge is 0.492 e. The average molecular weight is 294 g/mol. The minimum absolute atomic E-state index is 0.0736. The number of carbonyl (C=O) groups excluding carboxylic acids is 1. The molecule has 1 N–H and O–H groups in total. The number of hydrogen-bond donors (Lipinski definition) is 1. The van der Waals surface area contributed by atoms with E-state index in [9.17, 15) is 4.79 Å². The predicted octanol–water partition coefficient (Wildman–Crippen LogP) is 2.90. The van der Waals surface area contributed by atoms with Crippen molar-refractivity contribution in [2.24, 2.45) is 5.92 Å². The van der Waals surface area contributed by atoms with E-state index < -0.39 is 0 Å². The summed E-state index contributed by atoms with van der Waals surface area (Å²) in [6.07, 6.45) is 5.06. The maximum Gasteiger partial charge on any atom is 0.227 e. The SMILES string of the molecule is O=C(NC1CCCCC1Cl)C1COc2ccccc2C1. The molecular weight excluding hydrogens is 274 g/mol. The molecule has 1 saturated carbocycles. The van der Waals surface area contributed by atoms with Crippen LogP contribution in [0.25, 0.3) is 0 Å². The number of rotatable bonds is 2. The van der Waals surface area contributed by atoms with Crippen LogP contribution in [0.4, 0.5) is 0 Å². The Bertz CT molecular complexity index is 491. The summed E-state index contributed by atoms with van der Waals surface area (Å²) in [4.78, 5) is 12.4. The number of halogens is 1. The van der Waals surface area contributed by atoms with Gasteiger partial charge in [-0.1, -0.05) is 31.0 Å². The third kappa shape index (κ3) is 2.93. The van der Waals surface area contributed by atoms with Crippen molar-refractivity contribution in [2.75, 3.05) is 6.61 Å². The molecule has 20 heavy (non-hydrogen) atoms. The lowest BCUT2D eigenvalue weighted by Crippen LogP contribution is -2.47. The Morgan fingerprint density at radius 2 is 2.05 bits per heavy atom. The first-order chi connectivity index (χ1) is 9.74. The van der Waals surface area contributed by atoms with Gasteiger partial charge in [0.05, 0.1) is 11.3 Å². The summed E-state index contributed by atoms with van der Waals surface area (Å²) in [5.41, 5.74) is 1.12. The number of para-hydroxylation sites is 1. The second kappa shape index (κ2) is 6.04. The third-order valence-corrected chi connectivity index (χ3v) is 4.78. The number of benzene rings is 1. The first-order valence-corrected chi connectivity index (χ1v) is 7.83. The smallest absolute Gasteiger partial charge is 0.227 e. The number of ether oxygens (including phenoxy) is 1. The van der Waals surface area contributed by atoms with Crippen LogP contribution in [-0.2, 0) is 11.2 Å². The van der Waals surface area contributed by atoms with E-state index >= 15 is 0 Å². The minimum Gasteiger partial charge on any atom is -0.492 e. The first kappa shape index (κ1) is 13.7. The Kier molecular flexibility index (Phi) is 4.16. The summed E-state index contributed by atoms with van der Waals surface area (Å²) in [6, 6.07) is 8.05. The first-order valence-electron chi connectivity index (χ1n) is 7.39. The molecule has 1 fully saturated rings. The molecule has 0 bridgehead atoms. The summed E-state index contributed by atoms with van der Waals surface area (Å²) in [5.74, 6) is 0.886. The van der Waals surface area contributed by atoms with Crippen LogP contribution in [0.3, 0.4) is 0 Å². The number of hydrogen-bond acceptors (Lipinski definition) is 2. The zero-order valence-corrected chi connectivity index (χ0v) is 12.2. The molecule has 1 amide bonds. The molecule has 2 aliphatic rings. The van der Waals surface area contributed by atoms with Gasteiger partial charge in [-0.25, -0.2) is 0 Å². The fraction of sp³-hybridized carbons (Fsp3) is 0.562. The Morgan fingerprint density at radius 3 is 2.90 bits per heavy atom. The summed E-state index contributed by atoms with van der Waals surface area (Å²) in [6.45, 7) is 0.461. The van der Waals surface area contributed by atoms with E-state index in [1.807, 2.05) is 24.3 Å². The standard InChI is InChI=1S/C16H20ClNO2/c17-13-6-2-3-7-14(13)18-16(19)12-9-11-5-1-4-8-15(11)20-10-12/h1,4-5,8,12-14H,2-3,6-7,9-10H2,(H,18,19). The van der Waals surface area contributed by atoms with Crippen molar-refractivity contribution >= 4 is 17.5 Å². The molecule has 1 aliphatic carbocycles. The van der Waals surface area contributed by atoms with Crippen molar-refractivity contribution in [3.8, 4) is 5.75 Å². The Labute approximate surface area is 124 Å². The number of fused-ring (bicyclic) bond motifs is 1. The molecule has 3 atom stereocenters. The van der Waals surface area contributed by atoms with Crippen LogP contribution in [-0.4, -0.2) is 23.9 Å². The maximum absolute atomic E-state index is 12.4. The third-order valence-electron chi connectivity index (χ3n) is 4.26. The van der Waals surface area contributed by atoms with Crippen molar-refractivity contribution in [1.29, 1.82) is 0 Å². The average Bonchev–Trinajstić information content (AvgIpc) is 2.49. The Balaban J connectivity index is 1.61. The molecule has 1 aromatic carbocycles. The van der Waals surface area contributed by atoms with Crippen molar-refractivity contribution in [3.05, 3.63) is 29.8 Å². The molecule has 3 nitrogen and oxygen atoms in total. The van der Waals surface area contributed by atoms with Crippen LogP contribution in [0.1, 0.15) is 31.2 Å². The van der Waals surface area contributed by atoms with Crippen molar-refractivity contribution in [1.82, 2.24) is 5.32 Å². The highest BCUT2D eigenvalue weighted by atomic mass is 35.5. The topological polar surface area (TPSA) is 38.3 Å². The van der Waals surface area contributed by atoms with Gasteiger partial charge in [-0.15, -0.1) is 11.6 Å². The molecule has 0 spiro atoms. The second-order valence-corrected chi connectivity index (χ2v) is 6.30. The lowest BCUT2D eigenvalue weighted by Gasteiger charge is -2.31. The molecular formula is C16H20ClNO2. The minimum atomic E-state index is -0.101. The van der Waals surface area contributed by atoms with Crippen LogP contribution >= 0.6 is 11.6 Å². The summed E-state index contributed by atoms with van der Waals surface area (Å²) >= 11 is 6.30. The molecule has 0 radical (unpaired) electrons. The van der Waals surface area contributed by atoms with Crippen molar-refractivity contribution in [3.63, 3.8) is 0 Å². The van der Waals surface area contributed by atoms with Gasteiger partial charge in [-0.2, -0.15) is 0 Å². The second-order valence-electron chi connectivity index (χ2n) is 5.74. The molecule has 1 aliphatic heterocycles. The highest BCUT2D eigenvalue weighted by Crippen LogP contribution is 2.28. The van der Waals surface area contributed by atoms with E-state index in [0.29, 0.717) is 6.61 Å². The lowest BCUT2D eigenvalue weighted by atomic mass is 9.92. The van der Waals surface area contributed by atoms with Gasteiger partial charge in [-0.3, -0.25) is 4.79 Å². The zero-order chi connectivity index (χ0) is 13.9. The monoisotopic (exact) mass is 293 g/mol. The van der Waals surface area contributed by atoms with E-state index in [-0.39, 0.29) is 23.2 Å². The molecule has 3 unspecified atom stereocenters. The van der Waals surface area contributed by atoms with Gasteiger partial charge in [-0.05, 0) is 30.9 Å². The van der Waals surface area contributed by atoms with Crippen LogP contribution in [0.2, 0.25) is 0 Å². The maximum atomic E-state index is 12.4. The summed E-state index contributed by atoms with van der Waals surface area (Å²) in [7, 11) is 0.